The average molecular weight is 279 g/mol. The summed E-state index contributed by atoms with van der Waals surface area (Å²) >= 11 is 0. The summed E-state index contributed by atoms with van der Waals surface area (Å²) in [6.45, 7) is 5.56. The van der Waals surface area contributed by atoms with Crippen LogP contribution in [0.5, 0.6) is 0 Å². The molecule has 2 N–H and O–H groups in total. The molecule has 5 heteroatoms. The van der Waals surface area contributed by atoms with Gasteiger partial charge in [0, 0.05) is 32.6 Å². The zero-order valence-electron chi connectivity index (χ0n) is 11.7. The molecule has 0 aliphatic carbocycles. The minimum absolute atomic E-state index is 0.192. The summed E-state index contributed by atoms with van der Waals surface area (Å²) in [5.74, 6) is -0.431. The summed E-state index contributed by atoms with van der Waals surface area (Å²) in [5.41, 5.74) is 6.32. The second kappa shape index (κ2) is 7.36. The highest BCUT2D eigenvalue weighted by Crippen LogP contribution is 2.10. The van der Waals surface area contributed by atoms with E-state index in [0.717, 1.165) is 51.3 Å². The molecule has 110 valence electrons. The number of carbonyl (C=O) groups excluding carboxylic acids is 1. The van der Waals surface area contributed by atoms with E-state index in [0.29, 0.717) is 6.42 Å². The van der Waals surface area contributed by atoms with Crippen LogP contribution in [-0.4, -0.2) is 48.4 Å². The molecule has 0 atom stereocenters. The number of halogens is 1. The van der Waals surface area contributed by atoms with Crippen molar-refractivity contribution in [1.82, 2.24) is 9.80 Å². The van der Waals surface area contributed by atoms with Crippen molar-refractivity contribution in [3.05, 3.63) is 35.6 Å². The standard InChI is InChI=1S/C15H22FN3O/c16-14-4-2-13(3-5-14)12-19-8-1-7-18(10-11-19)9-6-15(17)20/h2-5H,1,6-12H2,(H2,17,20). The number of nitrogens with zero attached hydrogens (tertiary/aromatic N) is 2. The predicted octanol–water partition coefficient (Wildman–Crippen LogP) is 1.21. The molecule has 1 saturated heterocycles. The lowest BCUT2D eigenvalue weighted by atomic mass is 10.2. The van der Waals surface area contributed by atoms with Crippen LogP contribution in [-0.2, 0) is 11.3 Å². The molecule has 1 aliphatic rings. The van der Waals surface area contributed by atoms with Crippen LogP contribution in [0.25, 0.3) is 0 Å². The minimum Gasteiger partial charge on any atom is -0.370 e. The van der Waals surface area contributed by atoms with E-state index >= 15 is 0 Å². The van der Waals surface area contributed by atoms with Crippen molar-refractivity contribution in [3.8, 4) is 0 Å². The molecule has 1 heterocycles. The summed E-state index contributed by atoms with van der Waals surface area (Å²) < 4.78 is 12.9. The molecule has 0 unspecified atom stereocenters. The number of amides is 1. The number of nitrogens with two attached hydrogens (primary N) is 1. The Morgan fingerprint density at radius 3 is 2.45 bits per heavy atom. The Kier molecular flexibility index (Phi) is 5.49. The van der Waals surface area contributed by atoms with Gasteiger partial charge < -0.3 is 10.6 Å². The molecule has 0 radical (unpaired) electrons. The van der Waals surface area contributed by atoms with Gasteiger partial charge in [0.25, 0.3) is 0 Å². The second-order valence-electron chi connectivity index (χ2n) is 5.31. The van der Waals surface area contributed by atoms with E-state index in [1.165, 1.54) is 12.1 Å². The SMILES string of the molecule is NC(=O)CCN1CCCN(Cc2ccc(F)cc2)CC1. The minimum atomic E-state index is -0.239. The number of rotatable bonds is 5. The van der Waals surface area contributed by atoms with Crippen LogP contribution in [0, 0.1) is 5.82 Å². The van der Waals surface area contributed by atoms with Crippen LogP contribution in [0.3, 0.4) is 0 Å². The Labute approximate surface area is 119 Å². The first-order valence-electron chi connectivity index (χ1n) is 7.11. The number of benzene rings is 1. The maximum absolute atomic E-state index is 12.9. The van der Waals surface area contributed by atoms with Gasteiger partial charge >= 0.3 is 0 Å². The van der Waals surface area contributed by atoms with Crippen molar-refractivity contribution in [2.75, 3.05) is 32.7 Å². The topological polar surface area (TPSA) is 49.6 Å². The van der Waals surface area contributed by atoms with Gasteiger partial charge in [0.1, 0.15) is 5.82 Å². The van der Waals surface area contributed by atoms with Gasteiger partial charge in [0.2, 0.25) is 5.91 Å². The van der Waals surface area contributed by atoms with Crippen LogP contribution < -0.4 is 5.73 Å². The lowest BCUT2D eigenvalue weighted by Gasteiger charge is -2.21. The average Bonchev–Trinajstić information content (AvgIpc) is 2.64. The molecule has 20 heavy (non-hydrogen) atoms. The summed E-state index contributed by atoms with van der Waals surface area (Å²) in [5, 5.41) is 0. The highest BCUT2D eigenvalue weighted by Gasteiger charge is 2.15. The third kappa shape index (κ3) is 4.90. The van der Waals surface area contributed by atoms with Crippen LogP contribution in [0.2, 0.25) is 0 Å². The van der Waals surface area contributed by atoms with Crippen molar-refractivity contribution in [1.29, 1.82) is 0 Å². The van der Waals surface area contributed by atoms with E-state index in [1.54, 1.807) is 0 Å². The Morgan fingerprint density at radius 2 is 1.75 bits per heavy atom. The molecule has 4 nitrogen and oxygen atoms in total. The van der Waals surface area contributed by atoms with Crippen molar-refractivity contribution >= 4 is 5.91 Å². The Hall–Kier alpha value is -1.46. The fraction of sp³-hybridized carbons (Fsp3) is 0.533. The fourth-order valence-electron chi connectivity index (χ4n) is 2.52. The lowest BCUT2D eigenvalue weighted by Crippen LogP contribution is -2.32. The van der Waals surface area contributed by atoms with E-state index in [4.69, 9.17) is 5.73 Å². The van der Waals surface area contributed by atoms with Gasteiger partial charge in [-0.25, -0.2) is 4.39 Å². The van der Waals surface area contributed by atoms with Crippen LogP contribution in [0.4, 0.5) is 4.39 Å². The van der Waals surface area contributed by atoms with Crippen LogP contribution >= 0.6 is 0 Å². The van der Waals surface area contributed by atoms with Gasteiger partial charge in [-0.3, -0.25) is 9.69 Å². The fourth-order valence-corrected chi connectivity index (χ4v) is 2.52. The monoisotopic (exact) mass is 279 g/mol. The van der Waals surface area contributed by atoms with Crippen molar-refractivity contribution in [3.63, 3.8) is 0 Å². The summed E-state index contributed by atoms with van der Waals surface area (Å²) in [6.07, 6.45) is 1.51. The van der Waals surface area contributed by atoms with Crippen LogP contribution in [0.1, 0.15) is 18.4 Å². The molecule has 1 amide bonds. The first-order valence-corrected chi connectivity index (χ1v) is 7.11. The zero-order chi connectivity index (χ0) is 14.4. The number of primary amides is 1. The Morgan fingerprint density at radius 1 is 1.10 bits per heavy atom. The van der Waals surface area contributed by atoms with Crippen LogP contribution in [0.15, 0.2) is 24.3 Å². The molecule has 2 rings (SSSR count). The summed E-state index contributed by atoms with van der Waals surface area (Å²) in [4.78, 5) is 15.5. The largest absolute Gasteiger partial charge is 0.370 e. The quantitative estimate of drug-likeness (QED) is 0.881. The van der Waals surface area contributed by atoms with Gasteiger partial charge in [0.05, 0.1) is 0 Å². The van der Waals surface area contributed by atoms with E-state index in [1.807, 2.05) is 12.1 Å². The third-order valence-electron chi connectivity index (χ3n) is 3.68. The number of hydrogen-bond donors (Lipinski definition) is 1. The first-order chi connectivity index (χ1) is 9.63. The number of carbonyl (C=O) groups is 1. The molecule has 1 aliphatic heterocycles. The molecule has 0 bridgehead atoms. The molecule has 1 aromatic rings. The number of hydrogen-bond acceptors (Lipinski definition) is 3. The molecule has 1 fully saturated rings. The van der Waals surface area contributed by atoms with E-state index < -0.39 is 0 Å². The normalized spacial score (nSPS) is 17.9. The first kappa shape index (κ1) is 14.9. The second-order valence-corrected chi connectivity index (χ2v) is 5.31. The van der Waals surface area contributed by atoms with Crippen molar-refractivity contribution in [2.45, 2.75) is 19.4 Å². The molecule has 0 aromatic heterocycles. The van der Waals surface area contributed by atoms with Gasteiger partial charge in [0.15, 0.2) is 0 Å². The van der Waals surface area contributed by atoms with Gasteiger partial charge in [-0.1, -0.05) is 12.1 Å². The van der Waals surface area contributed by atoms with E-state index in [9.17, 15) is 9.18 Å². The molecule has 1 aromatic carbocycles. The molecular formula is C15H22FN3O. The lowest BCUT2D eigenvalue weighted by molar-refractivity contribution is -0.118. The Bertz CT molecular complexity index is 435. The Balaban J connectivity index is 1.80. The van der Waals surface area contributed by atoms with Gasteiger partial charge in [-0.2, -0.15) is 0 Å². The highest BCUT2D eigenvalue weighted by molar-refractivity contribution is 5.73. The summed E-state index contributed by atoms with van der Waals surface area (Å²) in [6, 6.07) is 6.69. The predicted molar refractivity (Wildman–Crippen MR) is 76.5 cm³/mol. The van der Waals surface area contributed by atoms with Crippen molar-refractivity contribution in [2.24, 2.45) is 5.73 Å². The molecule has 0 spiro atoms. The maximum Gasteiger partial charge on any atom is 0.218 e. The van der Waals surface area contributed by atoms with E-state index in [-0.39, 0.29) is 11.7 Å². The zero-order valence-corrected chi connectivity index (χ0v) is 11.7. The summed E-state index contributed by atoms with van der Waals surface area (Å²) in [7, 11) is 0. The maximum atomic E-state index is 12.9. The highest BCUT2D eigenvalue weighted by atomic mass is 19.1. The molecule has 0 saturated carbocycles. The van der Waals surface area contributed by atoms with E-state index in [2.05, 4.69) is 9.80 Å². The van der Waals surface area contributed by atoms with Gasteiger partial charge in [-0.05, 0) is 37.2 Å². The molecular weight excluding hydrogens is 257 g/mol. The third-order valence-corrected chi connectivity index (χ3v) is 3.68. The van der Waals surface area contributed by atoms with Crippen molar-refractivity contribution < 1.29 is 9.18 Å². The smallest absolute Gasteiger partial charge is 0.218 e. The van der Waals surface area contributed by atoms with Gasteiger partial charge in [-0.15, -0.1) is 0 Å².